The Labute approximate surface area is 126 Å². The van der Waals surface area contributed by atoms with Gasteiger partial charge >= 0.3 is 5.69 Å². The zero-order valence-electron chi connectivity index (χ0n) is 11.7. The number of hydrogen-bond donors (Lipinski definition) is 2. The maximum atomic E-state index is 11.7. The van der Waals surface area contributed by atoms with Gasteiger partial charge in [-0.2, -0.15) is 5.26 Å². The summed E-state index contributed by atoms with van der Waals surface area (Å²) >= 11 is 0. The van der Waals surface area contributed by atoms with Gasteiger partial charge in [-0.05, 0) is 17.7 Å². The molecule has 0 aromatic heterocycles. The van der Waals surface area contributed by atoms with E-state index >= 15 is 0 Å². The molecular formula is C14H13N3O5. The van der Waals surface area contributed by atoms with Gasteiger partial charge in [0.2, 0.25) is 5.75 Å². The zero-order chi connectivity index (χ0) is 16.7. The number of rotatable bonds is 6. The van der Waals surface area contributed by atoms with E-state index in [1.165, 1.54) is 19.3 Å². The van der Waals surface area contributed by atoms with Crippen LogP contribution in [-0.4, -0.2) is 29.6 Å². The Morgan fingerprint density at radius 3 is 2.82 bits per heavy atom. The fourth-order valence-electron chi connectivity index (χ4n) is 1.57. The number of amides is 1. The molecule has 0 atom stereocenters. The van der Waals surface area contributed by atoms with Gasteiger partial charge in [0.15, 0.2) is 5.75 Å². The lowest BCUT2D eigenvalue weighted by Gasteiger charge is -2.06. The average molecular weight is 303 g/mol. The molecule has 0 aliphatic carbocycles. The number of nitro benzene ring substituents is 1. The molecule has 0 fully saturated rings. The van der Waals surface area contributed by atoms with E-state index in [4.69, 9.17) is 10.00 Å². The van der Waals surface area contributed by atoms with Gasteiger partial charge in [0, 0.05) is 12.6 Å². The minimum Gasteiger partial charge on any atom is -0.500 e. The molecule has 0 unspecified atom stereocenters. The Kier molecular flexibility index (Phi) is 5.66. The second-order valence-corrected chi connectivity index (χ2v) is 4.02. The maximum absolute atomic E-state index is 11.7. The van der Waals surface area contributed by atoms with Crippen LogP contribution in [0.4, 0.5) is 5.69 Å². The topological polar surface area (TPSA) is 125 Å². The predicted molar refractivity (Wildman–Crippen MR) is 78.1 cm³/mol. The van der Waals surface area contributed by atoms with E-state index in [0.717, 1.165) is 12.1 Å². The van der Waals surface area contributed by atoms with Crippen LogP contribution in [0.15, 0.2) is 30.4 Å². The van der Waals surface area contributed by atoms with Crippen molar-refractivity contribution in [3.05, 3.63) is 46.0 Å². The van der Waals surface area contributed by atoms with Gasteiger partial charge in [-0.25, -0.2) is 0 Å². The molecule has 0 radical (unpaired) electrons. The average Bonchev–Trinajstić information content (AvgIpc) is 2.50. The number of phenols is 1. The zero-order valence-corrected chi connectivity index (χ0v) is 11.7. The van der Waals surface area contributed by atoms with E-state index in [1.54, 1.807) is 6.07 Å². The summed E-state index contributed by atoms with van der Waals surface area (Å²) in [6.45, 7) is 3.61. The molecule has 8 nitrogen and oxygen atoms in total. The summed E-state index contributed by atoms with van der Waals surface area (Å²) in [6.07, 6.45) is 2.61. The van der Waals surface area contributed by atoms with E-state index in [2.05, 4.69) is 11.9 Å². The fourth-order valence-corrected chi connectivity index (χ4v) is 1.57. The number of carbonyl (C=O) groups is 1. The smallest absolute Gasteiger partial charge is 0.315 e. The van der Waals surface area contributed by atoms with Crippen molar-refractivity contribution in [2.75, 3.05) is 13.7 Å². The number of phenolic OH excluding ortho intramolecular Hbond substituents is 1. The quantitative estimate of drug-likeness (QED) is 0.270. The highest BCUT2D eigenvalue weighted by atomic mass is 16.6. The standard InChI is InChI=1S/C14H13N3O5/c1-3-4-16-14(19)10(8-15)5-9-6-11(17(20)21)13(18)12(7-9)22-2/h3,5-7,18H,1,4H2,2H3,(H,16,19)/b10-5-. The molecule has 1 rings (SSSR count). The minimum atomic E-state index is -0.793. The summed E-state index contributed by atoms with van der Waals surface area (Å²) in [4.78, 5) is 21.8. The summed E-state index contributed by atoms with van der Waals surface area (Å²) in [7, 11) is 1.23. The Balaban J connectivity index is 3.30. The van der Waals surface area contributed by atoms with Crippen LogP contribution >= 0.6 is 0 Å². The molecular weight excluding hydrogens is 290 g/mol. The first-order valence-corrected chi connectivity index (χ1v) is 6.00. The number of carbonyl (C=O) groups excluding carboxylic acids is 1. The van der Waals surface area contributed by atoms with Gasteiger partial charge in [0.1, 0.15) is 11.6 Å². The summed E-state index contributed by atoms with van der Waals surface area (Å²) < 4.78 is 4.84. The third-order valence-corrected chi connectivity index (χ3v) is 2.58. The van der Waals surface area contributed by atoms with Crippen LogP contribution < -0.4 is 10.1 Å². The molecule has 0 saturated carbocycles. The van der Waals surface area contributed by atoms with Gasteiger partial charge in [-0.1, -0.05) is 6.08 Å². The van der Waals surface area contributed by atoms with Crippen LogP contribution in [-0.2, 0) is 4.79 Å². The molecule has 0 heterocycles. The van der Waals surface area contributed by atoms with Gasteiger partial charge in [-0.15, -0.1) is 6.58 Å². The summed E-state index contributed by atoms with van der Waals surface area (Å²) in [5, 5.41) is 32.0. The lowest BCUT2D eigenvalue weighted by Crippen LogP contribution is -2.24. The van der Waals surface area contributed by atoms with Crippen molar-refractivity contribution in [1.82, 2.24) is 5.32 Å². The van der Waals surface area contributed by atoms with E-state index < -0.39 is 22.3 Å². The third-order valence-electron chi connectivity index (χ3n) is 2.58. The van der Waals surface area contributed by atoms with Crippen LogP contribution in [0.2, 0.25) is 0 Å². The number of nitrogens with zero attached hydrogens (tertiary/aromatic N) is 2. The number of aromatic hydroxyl groups is 1. The third kappa shape index (κ3) is 3.83. The number of nitrogens with one attached hydrogen (secondary N) is 1. The minimum absolute atomic E-state index is 0.135. The van der Waals surface area contributed by atoms with Crippen molar-refractivity contribution in [2.24, 2.45) is 0 Å². The van der Waals surface area contributed by atoms with Crippen molar-refractivity contribution in [3.63, 3.8) is 0 Å². The van der Waals surface area contributed by atoms with Crippen molar-refractivity contribution < 1.29 is 19.6 Å². The fraction of sp³-hybridized carbons (Fsp3) is 0.143. The van der Waals surface area contributed by atoms with Crippen molar-refractivity contribution in [1.29, 1.82) is 5.26 Å². The number of ether oxygens (including phenoxy) is 1. The van der Waals surface area contributed by atoms with E-state index in [9.17, 15) is 20.0 Å². The molecule has 22 heavy (non-hydrogen) atoms. The molecule has 0 spiro atoms. The predicted octanol–water partition coefficient (Wildman–Crippen LogP) is 1.52. The van der Waals surface area contributed by atoms with Crippen molar-refractivity contribution in [3.8, 4) is 17.6 Å². The van der Waals surface area contributed by atoms with E-state index in [1.807, 2.05) is 0 Å². The molecule has 1 aromatic carbocycles. The lowest BCUT2D eigenvalue weighted by atomic mass is 10.1. The second-order valence-electron chi connectivity index (χ2n) is 4.02. The number of nitriles is 1. The molecule has 0 bridgehead atoms. The molecule has 0 saturated heterocycles. The summed E-state index contributed by atoms with van der Waals surface area (Å²) in [6, 6.07) is 4.02. The highest BCUT2D eigenvalue weighted by Crippen LogP contribution is 2.37. The summed E-state index contributed by atoms with van der Waals surface area (Å²) in [5.74, 6) is -1.40. The maximum Gasteiger partial charge on any atom is 0.315 e. The molecule has 1 amide bonds. The monoisotopic (exact) mass is 303 g/mol. The van der Waals surface area contributed by atoms with Crippen LogP contribution in [0.25, 0.3) is 6.08 Å². The van der Waals surface area contributed by atoms with Gasteiger partial charge in [-0.3, -0.25) is 14.9 Å². The molecule has 0 aliphatic rings. The molecule has 8 heteroatoms. The molecule has 0 aliphatic heterocycles. The molecule has 114 valence electrons. The Morgan fingerprint density at radius 2 is 2.32 bits per heavy atom. The van der Waals surface area contributed by atoms with Crippen LogP contribution in [0, 0.1) is 21.4 Å². The van der Waals surface area contributed by atoms with Crippen molar-refractivity contribution in [2.45, 2.75) is 0 Å². The van der Waals surface area contributed by atoms with E-state index in [-0.39, 0.29) is 23.4 Å². The van der Waals surface area contributed by atoms with Gasteiger partial charge in [0.05, 0.1) is 12.0 Å². The first-order valence-electron chi connectivity index (χ1n) is 6.00. The summed E-state index contributed by atoms with van der Waals surface area (Å²) in [5.41, 5.74) is -0.662. The SMILES string of the molecule is C=CCNC(=O)/C(C#N)=C\c1cc(OC)c(O)c([N+](=O)[O-])c1. The van der Waals surface area contributed by atoms with Gasteiger partial charge < -0.3 is 15.2 Å². The molecule has 1 aromatic rings. The number of nitro groups is 1. The second kappa shape index (κ2) is 7.44. The van der Waals surface area contributed by atoms with Crippen LogP contribution in [0.1, 0.15) is 5.56 Å². The Bertz CT molecular complexity index is 688. The van der Waals surface area contributed by atoms with Crippen molar-refractivity contribution >= 4 is 17.7 Å². The Morgan fingerprint density at radius 1 is 1.64 bits per heavy atom. The van der Waals surface area contributed by atoms with Crippen LogP contribution in [0.3, 0.4) is 0 Å². The Hall–Kier alpha value is -3.34. The number of benzene rings is 1. The first kappa shape index (κ1) is 16.7. The number of hydrogen-bond acceptors (Lipinski definition) is 6. The lowest BCUT2D eigenvalue weighted by molar-refractivity contribution is -0.386. The van der Waals surface area contributed by atoms with Gasteiger partial charge in [0.25, 0.3) is 5.91 Å². The largest absolute Gasteiger partial charge is 0.500 e. The van der Waals surface area contributed by atoms with E-state index in [0.29, 0.717) is 0 Å². The highest BCUT2D eigenvalue weighted by Gasteiger charge is 2.20. The highest BCUT2D eigenvalue weighted by molar-refractivity contribution is 6.01. The normalized spacial score (nSPS) is 10.5. The number of methoxy groups -OCH3 is 1. The first-order chi connectivity index (χ1) is 10.4. The molecule has 2 N–H and O–H groups in total. The van der Waals surface area contributed by atoms with Crippen LogP contribution in [0.5, 0.6) is 11.5 Å².